The van der Waals surface area contributed by atoms with Gasteiger partial charge in [-0.15, -0.1) is 0 Å². The second-order valence-electron chi connectivity index (χ2n) is 10.1. The average molecular weight is 599 g/mol. The van der Waals surface area contributed by atoms with E-state index in [0.29, 0.717) is 39.4 Å². The number of hydrogen-bond acceptors (Lipinski definition) is 6. The van der Waals surface area contributed by atoms with Crippen molar-refractivity contribution < 1.29 is 30.4 Å². The van der Waals surface area contributed by atoms with Crippen molar-refractivity contribution in [1.82, 2.24) is 8.96 Å². The molecule has 41 heavy (non-hydrogen) atoms. The minimum absolute atomic E-state index is 0.0395. The van der Waals surface area contributed by atoms with Crippen LogP contribution in [0.25, 0.3) is 16.6 Å². The number of pyridine rings is 1. The van der Waals surface area contributed by atoms with Crippen LogP contribution in [0.2, 0.25) is 0 Å². The maximum Gasteiger partial charge on any atom is 0.249 e. The predicted molar refractivity (Wildman–Crippen MR) is 155 cm³/mol. The third-order valence-electron chi connectivity index (χ3n) is 7.46. The van der Waals surface area contributed by atoms with Crippen molar-refractivity contribution in [1.29, 1.82) is 0 Å². The van der Waals surface area contributed by atoms with E-state index in [1.807, 2.05) is 0 Å². The molecule has 1 atom stereocenters. The Morgan fingerprint density at radius 3 is 2.49 bits per heavy atom. The fourth-order valence-corrected chi connectivity index (χ4v) is 7.46. The maximum atomic E-state index is 14.5. The average Bonchev–Trinajstić information content (AvgIpc) is 3.37. The topological polar surface area (TPSA) is 95.3 Å². The van der Waals surface area contributed by atoms with E-state index < -0.39 is 36.2 Å². The molecule has 0 spiro atoms. The number of halogens is 2. The highest BCUT2D eigenvalue weighted by atomic mass is 32.2. The standard InChI is InChI=1S/C30H28F2N2O5S2/c1-4-40(35,36)19-21-7-9-27(39-28-10-8-24(31)18-26(28)32)25(17-21)23-11-13-30(3,20(2)16-23)41(37,38)34-15-12-22-6-5-14-33-29(22)34/h5-12,14-18H,4,13,19H2,1-3H3. The van der Waals surface area contributed by atoms with Crippen LogP contribution in [-0.4, -0.2) is 36.3 Å². The summed E-state index contributed by atoms with van der Waals surface area (Å²) in [6, 6.07) is 12.9. The minimum atomic E-state index is -3.96. The fraction of sp³-hybridized carbons (Fsp3) is 0.233. The van der Waals surface area contributed by atoms with Crippen molar-refractivity contribution in [3.63, 3.8) is 0 Å². The molecule has 0 saturated heterocycles. The SMILES string of the molecule is CCS(=O)(=O)Cc1ccc(Oc2ccc(F)cc2F)c(C2=CCC(C)(S(=O)(=O)n3ccc4cccnc43)C(C)=C2)c1. The van der Waals surface area contributed by atoms with Crippen molar-refractivity contribution in [2.24, 2.45) is 0 Å². The molecule has 2 aromatic carbocycles. The van der Waals surface area contributed by atoms with E-state index in [4.69, 9.17) is 4.74 Å². The van der Waals surface area contributed by atoms with Gasteiger partial charge in [-0.3, -0.25) is 0 Å². The van der Waals surface area contributed by atoms with Gasteiger partial charge in [0.25, 0.3) is 0 Å². The Balaban J connectivity index is 1.57. The summed E-state index contributed by atoms with van der Waals surface area (Å²) in [4.78, 5) is 4.26. The molecular weight excluding hydrogens is 570 g/mol. The molecule has 2 heterocycles. The number of nitrogens with zero attached hydrogens (tertiary/aromatic N) is 2. The first kappa shape index (κ1) is 28.7. The minimum Gasteiger partial charge on any atom is -0.454 e. The van der Waals surface area contributed by atoms with Crippen molar-refractivity contribution in [3.8, 4) is 11.5 Å². The van der Waals surface area contributed by atoms with Crippen LogP contribution < -0.4 is 4.74 Å². The molecule has 0 radical (unpaired) electrons. The molecular formula is C30H28F2N2O5S2. The second-order valence-corrected chi connectivity index (χ2v) is 14.7. The third kappa shape index (κ3) is 5.31. The molecule has 0 bridgehead atoms. The summed E-state index contributed by atoms with van der Waals surface area (Å²) in [5.74, 6) is -1.91. The van der Waals surface area contributed by atoms with Gasteiger partial charge in [0.1, 0.15) is 16.3 Å². The van der Waals surface area contributed by atoms with Gasteiger partial charge >= 0.3 is 0 Å². The Bertz CT molecular complexity index is 1950. The Morgan fingerprint density at radius 2 is 1.78 bits per heavy atom. The van der Waals surface area contributed by atoms with Gasteiger partial charge in [-0.1, -0.05) is 25.1 Å². The number of fused-ring (bicyclic) bond motifs is 1. The zero-order chi connectivity index (χ0) is 29.6. The van der Waals surface area contributed by atoms with E-state index in [0.717, 1.165) is 6.07 Å². The highest BCUT2D eigenvalue weighted by molar-refractivity contribution is 7.91. The molecule has 0 fully saturated rings. The lowest BCUT2D eigenvalue weighted by Crippen LogP contribution is -2.41. The summed E-state index contributed by atoms with van der Waals surface area (Å²) in [6.07, 6.45) is 6.58. The Hall–Kier alpha value is -3.83. The summed E-state index contributed by atoms with van der Waals surface area (Å²) in [6.45, 7) is 4.92. The van der Waals surface area contributed by atoms with Crippen molar-refractivity contribution in [3.05, 3.63) is 107 Å². The molecule has 0 amide bonds. The smallest absolute Gasteiger partial charge is 0.249 e. The number of benzene rings is 2. The van der Waals surface area contributed by atoms with Gasteiger partial charge in [-0.05, 0) is 79.4 Å². The lowest BCUT2D eigenvalue weighted by molar-refractivity contribution is 0.436. The highest BCUT2D eigenvalue weighted by Crippen LogP contribution is 2.42. The maximum absolute atomic E-state index is 14.5. The predicted octanol–water partition coefficient (Wildman–Crippen LogP) is 6.41. The first-order valence-electron chi connectivity index (χ1n) is 12.9. The van der Waals surface area contributed by atoms with Gasteiger partial charge in [-0.25, -0.2) is 34.6 Å². The molecule has 1 aliphatic rings. The monoisotopic (exact) mass is 598 g/mol. The molecule has 0 saturated carbocycles. The van der Waals surface area contributed by atoms with Gasteiger partial charge in [-0.2, -0.15) is 0 Å². The number of rotatable bonds is 8. The number of sulfone groups is 1. The van der Waals surface area contributed by atoms with E-state index in [2.05, 4.69) is 4.98 Å². The number of allylic oxidation sites excluding steroid dienone is 3. The van der Waals surface area contributed by atoms with Crippen molar-refractivity contribution in [2.75, 3.05) is 5.75 Å². The number of ether oxygens (including phenoxy) is 1. The molecule has 214 valence electrons. The van der Waals surface area contributed by atoms with Gasteiger partial charge in [0.2, 0.25) is 10.0 Å². The van der Waals surface area contributed by atoms with Crippen LogP contribution in [0, 0.1) is 11.6 Å². The van der Waals surface area contributed by atoms with Crippen LogP contribution in [0.1, 0.15) is 38.3 Å². The summed E-state index contributed by atoms with van der Waals surface area (Å²) in [7, 11) is -7.32. The molecule has 0 aliphatic heterocycles. The van der Waals surface area contributed by atoms with E-state index in [-0.39, 0.29) is 29.4 Å². The summed E-state index contributed by atoms with van der Waals surface area (Å²) in [5, 5.41) is 0.696. The molecule has 2 aromatic heterocycles. The van der Waals surface area contributed by atoms with Crippen molar-refractivity contribution >= 4 is 36.5 Å². The molecule has 1 unspecified atom stereocenters. The van der Waals surface area contributed by atoms with Crippen LogP contribution in [0.15, 0.2) is 84.7 Å². The van der Waals surface area contributed by atoms with Gasteiger partial charge in [0, 0.05) is 35.2 Å². The van der Waals surface area contributed by atoms with Crippen molar-refractivity contribution in [2.45, 2.75) is 37.7 Å². The van der Waals surface area contributed by atoms with Crippen LogP contribution in [0.3, 0.4) is 0 Å². The van der Waals surface area contributed by atoms with E-state index >= 15 is 0 Å². The zero-order valence-corrected chi connectivity index (χ0v) is 24.3. The second kappa shape index (κ2) is 10.5. The Labute approximate surface area is 237 Å². The van der Waals surface area contributed by atoms with E-state index in [1.54, 1.807) is 63.3 Å². The zero-order valence-electron chi connectivity index (χ0n) is 22.6. The normalized spacial score (nSPS) is 17.8. The van der Waals surface area contributed by atoms with Gasteiger partial charge in [0.15, 0.2) is 27.1 Å². The fourth-order valence-electron chi connectivity index (χ4n) is 4.77. The summed E-state index contributed by atoms with van der Waals surface area (Å²) in [5.41, 5.74) is 2.39. The summed E-state index contributed by atoms with van der Waals surface area (Å²) < 4.78 is 86.2. The molecule has 7 nitrogen and oxygen atoms in total. The van der Waals surface area contributed by atoms with E-state index in [1.165, 1.54) is 28.5 Å². The van der Waals surface area contributed by atoms with Crippen LogP contribution in [0.4, 0.5) is 8.78 Å². The van der Waals surface area contributed by atoms with E-state index in [9.17, 15) is 25.6 Å². The number of hydrogen-bond donors (Lipinski definition) is 0. The number of aromatic nitrogens is 2. The van der Waals surface area contributed by atoms with Crippen LogP contribution >= 0.6 is 0 Å². The molecule has 4 aromatic rings. The molecule has 0 N–H and O–H groups in total. The Morgan fingerprint density at radius 1 is 1.02 bits per heavy atom. The molecule has 11 heteroatoms. The van der Waals surface area contributed by atoms with Gasteiger partial charge in [0.05, 0.1) is 5.75 Å². The lowest BCUT2D eigenvalue weighted by Gasteiger charge is -2.33. The summed E-state index contributed by atoms with van der Waals surface area (Å²) >= 11 is 0. The Kier molecular flexibility index (Phi) is 7.37. The first-order chi connectivity index (χ1) is 19.3. The largest absolute Gasteiger partial charge is 0.454 e. The highest BCUT2D eigenvalue weighted by Gasteiger charge is 2.43. The molecule has 1 aliphatic carbocycles. The first-order valence-corrected chi connectivity index (χ1v) is 16.1. The molecule has 5 rings (SSSR count). The van der Waals surface area contributed by atoms with Crippen LogP contribution in [-0.2, 0) is 25.6 Å². The van der Waals surface area contributed by atoms with Crippen LogP contribution in [0.5, 0.6) is 11.5 Å². The lowest BCUT2D eigenvalue weighted by atomic mass is 9.87. The van der Waals surface area contributed by atoms with Gasteiger partial charge < -0.3 is 4.74 Å². The quantitative estimate of drug-likeness (QED) is 0.233. The third-order valence-corrected chi connectivity index (χ3v) is 11.5.